The molecule has 2 aromatic heterocycles. The van der Waals surface area contributed by atoms with Crippen LogP contribution < -0.4 is 10.0 Å². The SMILES string of the molecule is Cc1ncc(Cn2c(SC3CCNCC3)nc3ccccc32)o1.O=S(=O)(O)NC1CCCCC1. The first-order chi connectivity index (χ1) is 16.4. The Balaban J connectivity index is 0.000000210. The van der Waals surface area contributed by atoms with Gasteiger partial charge in [0.25, 0.3) is 0 Å². The predicted molar refractivity (Wildman–Crippen MR) is 133 cm³/mol. The van der Waals surface area contributed by atoms with Crippen LogP contribution in [0.4, 0.5) is 0 Å². The van der Waals surface area contributed by atoms with E-state index in [1.807, 2.05) is 30.9 Å². The van der Waals surface area contributed by atoms with Gasteiger partial charge in [-0.05, 0) is 50.9 Å². The van der Waals surface area contributed by atoms with Crippen LogP contribution in [0.2, 0.25) is 0 Å². The smallest absolute Gasteiger partial charge is 0.333 e. The number of aryl methyl sites for hydroxylation is 1. The first-order valence-corrected chi connectivity index (χ1v) is 14.2. The Hall–Kier alpha value is -1.92. The van der Waals surface area contributed by atoms with E-state index < -0.39 is 10.3 Å². The lowest BCUT2D eigenvalue weighted by Gasteiger charge is -2.21. The van der Waals surface area contributed by atoms with E-state index in [1.54, 1.807) is 0 Å². The van der Waals surface area contributed by atoms with E-state index in [4.69, 9.17) is 14.0 Å². The van der Waals surface area contributed by atoms with Gasteiger partial charge in [-0.2, -0.15) is 13.1 Å². The third kappa shape index (κ3) is 7.29. The van der Waals surface area contributed by atoms with Gasteiger partial charge in [0.2, 0.25) is 0 Å². The third-order valence-corrected chi connectivity index (χ3v) is 8.04. The van der Waals surface area contributed by atoms with Crippen molar-refractivity contribution < 1.29 is 17.4 Å². The summed E-state index contributed by atoms with van der Waals surface area (Å²) in [6.45, 7) is 4.74. The number of nitrogens with one attached hydrogen (secondary N) is 2. The zero-order valence-electron chi connectivity index (χ0n) is 19.4. The molecular weight excluding hydrogens is 474 g/mol. The van der Waals surface area contributed by atoms with E-state index in [0.29, 0.717) is 17.7 Å². The minimum absolute atomic E-state index is 0.0428. The molecule has 2 fully saturated rings. The zero-order valence-corrected chi connectivity index (χ0v) is 21.1. The molecule has 9 nitrogen and oxygen atoms in total. The number of hydrogen-bond donors (Lipinski definition) is 3. The third-order valence-electron chi connectivity index (χ3n) is 6.08. The number of oxazole rings is 1. The Labute approximate surface area is 205 Å². The number of piperidine rings is 1. The lowest BCUT2D eigenvalue weighted by molar-refractivity contribution is 0.389. The fourth-order valence-electron chi connectivity index (χ4n) is 4.42. The molecule has 1 aromatic carbocycles. The standard InChI is InChI=1S/C17H20N4OS.C6H13NO3S/c1-12-19-10-13(22-12)11-21-16-5-3-2-4-15(16)20-17(21)23-14-6-8-18-9-7-14;8-11(9,10)7-6-4-2-1-3-5-6/h2-5,10,14,18H,6-9,11H2,1H3;6-7H,1-5H2,(H,8,9,10). The van der Waals surface area contributed by atoms with Gasteiger partial charge >= 0.3 is 10.3 Å². The molecule has 0 amide bonds. The summed E-state index contributed by atoms with van der Waals surface area (Å²) in [5, 5.41) is 5.12. The number of fused-ring (bicyclic) bond motifs is 1. The minimum atomic E-state index is -3.97. The number of para-hydroxylation sites is 2. The van der Waals surface area contributed by atoms with Crippen LogP contribution in [0.1, 0.15) is 56.6 Å². The Kier molecular flexibility index (Phi) is 8.65. The normalized spacial score (nSPS) is 18.1. The monoisotopic (exact) mass is 507 g/mol. The minimum Gasteiger partial charge on any atom is -0.444 e. The van der Waals surface area contributed by atoms with Crippen LogP contribution in [0, 0.1) is 6.92 Å². The fourth-order valence-corrected chi connectivity index (χ4v) is 6.29. The van der Waals surface area contributed by atoms with Gasteiger partial charge < -0.3 is 14.3 Å². The van der Waals surface area contributed by atoms with E-state index in [2.05, 4.69) is 37.8 Å². The van der Waals surface area contributed by atoms with Gasteiger partial charge in [-0.3, -0.25) is 4.55 Å². The van der Waals surface area contributed by atoms with Crippen molar-refractivity contribution in [2.24, 2.45) is 0 Å². The van der Waals surface area contributed by atoms with Crippen LogP contribution in [-0.2, 0) is 16.8 Å². The average Bonchev–Trinajstić information content (AvgIpc) is 3.38. The van der Waals surface area contributed by atoms with Crippen LogP contribution in [0.15, 0.2) is 40.0 Å². The highest BCUT2D eigenvalue weighted by atomic mass is 32.2. The summed E-state index contributed by atoms with van der Waals surface area (Å²) in [4.78, 5) is 9.06. The molecule has 34 heavy (non-hydrogen) atoms. The van der Waals surface area contributed by atoms with Crippen LogP contribution in [-0.4, -0.2) is 51.9 Å². The Morgan fingerprint density at radius 2 is 1.91 bits per heavy atom. The van der Waals surface area contributed by atoms with E-state index in [0.717, 1.165) is 60.7 Å². The van der Waals surface area contributed by atoms with Crippen molar-refractivity contribution >= 4 is 33.1 Å². The molecule has 0 atom stereocenters. The van der Waals surface area contributed by atoms with Gasteiger partial charge in [0.1, 0.15) is 5.76 Å². The quantitative estimate of drug-likeness (QED) is 0.429. The Bertz CT molecular complexity index is 1170. The number of rotatable bonds is 6. The van der Waals surface area contributed by atoms with Gasteiger partial charge in [0.15, 0.2) is 11.0 Å². The molecule has 2 aliphatic rings. The summed E-state index contributed by atoms with van der Waals surface area (Å²) in [6.07, 6.45) is 9.15. The topological polar surface area (TPSA) is 122 Å². The van der Waals surface area contributed by atoms with E-state index in [1.165, 1.54) is 19.3 Å². The average molecular weight is 508 g/mol. The van der Waals surface area contributed by atoms with E-state index in [-0.39, 0.29) is 6.04 Å². The fraction of sp³-hybridized carbons (Fsp3) is 0.565. The van der Waals surface area contributed by atoms with Gasteiger partial charge in [0, 0.05) is 18.2 Å². The summed E-state index contributed by atoms with van der Waals surface area (Å²) < 4.78 is 39.2. The molecule has 11 heteroatoms. The molecule has 0 unspecified atom stereocenters. The first-order valence-electron chi connectivity index (χ1n) is 11.9. The highest BCUT2D eigenvalue weighted by Crippen LogP contribution is 2.31. The highest BCUT2D eigenvalue weighted by molar-refractivity contribution is 7.99. The number of thioether (sulfide) groups is 1. The summed E-state index contributed by atoms with van der Waals surface area (Å²) in [5.74, 6) is 1.58. The van der Waals surface area contributed by atoms with Crippen molar-refractivity contribution in [2.75, 3.05) is 13.1 Å². The van der Waals surface area contributed by atoms with Crippen LogP contribution in [0.25, 0.3) is 11.0 Å². The number of aromatic nitrogens is 3. The largest absolute Gasteiger partial charge is 0.444 e. The van der Waals surface area contributed by atoms with Gasteiger partial charge in [0.05, 0.1) is 23.8 Å². The molecule has 5 rings (SSSR count). The molecule has 0 radical (unpaired) electrons. The summed E-state index contributed by atoms with van der Waals surface area (Å²) in [7, 11) is -3.97. The maximum Gasteiger partial charge on any atom is 0.333 e. The van der Waals surface area contributed by atoms with Crippen LogP contribution in [0.3, 0.4) is 0 Å². The number of imidazole rings is 1. The predicted octanol–water partition coefficient (Wildman–Crippen LogP) is 3.94. The van der Waals surface area contributed by atoms with E-state index in [9.17, 15) is 8.42 Å². The molecule has 1 saturated heterocycles. The molecule has 186 valence electrons. The molecule has 0 bridgehead atoms. The van der Waals surface area contributed by atoms with E-state index >= 15 is 0 Å². The molecule has 3 N–H and O–H groups in total. The molecular formula is C23H33N5O4S2. The summed E-state index contributed by atoms with van der Waals surface area (Å²) >= 11 is 1.89. The second kappa shape index (κ2) is 11.7. The second-order valence-corrected chi connectivity index (χ2v) is 11.3. The molecule has 3 aromatic rings. The van der Waals surface area contributed by atoms with Gasteiger partial charge in [-0.25, -0.2) is 9.97 Å². The van der Waals surface area contributed by atoms with Gasteiger partial charge in [-0.1, -0.05) is 43.2 Å². The van der Waals surface area contributed by atoms with Crippen molar-refractivity contribution in [3.8, 4) is 0 Å². The first kappa shape index (κ1) is 25.2. The van der Waals surface area contributed by atoms with Gasteiger partial charge in [-0.15, -0.1) is 0 Å². The summed E-state index contributed by atoms with van der Waals surface area (Å²) in [6, 6.07) is 8.25. The maximum absolute atomic E-state index is 10.3. The number of hydrogen-bond acceptors (Lipinski definition) is 7. The lowest BCUT2D eigenvalue weighted by Crippen LogP contribution is -2.35. The Morgan fingerprint density at radius 1 is 1.18 bits per heavy atom. The number of nitrogens with zero attached hydrogens (tertiary/aromatic N) is 3. The summed E-state index contributed by atoms with van der Waals surface area (Å²) in [5.41, 5.74) is 2.19. The molecule has 1 saturated carbocycles. The van der Waals surface area contributed by atoms with Crippen molar-refractivity contribution in [3.63, 3.8) is 0 Å². The maximum atomic E-state index is 10.3. The number of benzene rings is 1. The van der Waals surface area contributed by atoms with Crippen molar-refractivity contribution in [1.29, 1.82) is 0 Å². The van der Waals surface area contributed by atoms with Crippen molar-refractivity contribution in [3.05, 3.63) is 42.1 Å². The molecule has 1 aliphatic carbocycles. The van der Waals surface area contributed by atoms with Crippen molar-refractivity contribution in [1.82, 2.24) is 24.6 Å². The highest BCUT2D eigenvalue weighted by Gasteiger charge is 2.20. The molecule has 0 spiro atoms. The van der Waals surface area contributed by atoms with Crippen molar-refractivity contribution in [2.45, 2.75) is 74.9 Å². The Morgan fingerprint density at radius 3 is 2.59 bits per heavy atom. The second-order valence-electron chi connectivity index (χ2n) is 8.81. The lowest BCUT2D eigenvalue weighted by atomic mass is 9.96. The zero-order chi connectivity index (χ0) is 24.0. The van der Waals surface area contributed by atoms with Crippen LogP contribution in [0.5, 0.6) is 0 Å². The molecule has 1 aliphatic heterocycles. The molecule has 3 heterocycles. The van der Waals surface area contributed by atoms with Crippen LogP contribution >= 0.6 is 11.8 Å².